The molecule has 144 valence electrons. The van der Waals surface area contributed by atoms with Crippen molar-refractivity contribution in [1.82, 2.24) is 4.98 Å². The minimum atomic E-state index is -0.606. The SMILES string of the molecule is COc1ccc([N+](=O)[O-])c(C(=O)Nc2nc(-c3ccc(C)c(C)c3)c(C)s2)c1. The monoisotopic (exact) mass is 397 g/mol. The van der Waals surface area contributed by atoms with Crippen LogP contribution in [0, 0.1) is 30.9 Å². The molecule has 0 spiro atoms. The first kappa shape index (κ1) is 19.5. The molecule has 1 heterocycles. The predicted molar refractivity (Wildman–Crippen MR) is 109 cm³/mol. The summed E-state index contributed by atoms with van der Waals surface area (Å²) in [6, 6.07) is 10.1. The van der Waals surface area contributed by atoms with Crippen molar-refractivity contribution in [3.8, 4) is 17.0 Å². The van der Waals surface area contributed by atoms with Gasteiger partial charge in [0.2, 0.25) is 0 Å². The maximum Gasteiger partial charge on any atom is 0.282 e. The minimum Gasteiger partial charge on any atom is -0.497 e. The maximum absolute atomic E-state index is 12.7. The van der Waals surface area contributed by atoms with Crippen molar-refractivity contribution >= 4 is 28.1 Å². The lowest BCUT2D eigenvalue weighted by Gasteiger charge is -2.06. The van der Waals surface area contributed by atoms with E-state index in [1.54, 1.807) is 0 Å². The second-order valence-corrected chi connectivity index (χ2v) is 7.52. The van der Waals surface area contributed by atoms with Gasteiger partial charge in [0.15, 0.2) is 5.13 Å². The standard InChI is InChI=1S/C20H19N3O4S/c1-11-5-6-14(9-12(11)2)18-13(3)28-20(21-18)22-19(24)16-10-15(27-4)7-8-17(16)23(25)26/h5-10H,1-4H3,(H,21,22,24). The number of nitro benzene ring substituents is 1. The molecule has 0 radical (unpaired) electrons. The van der Waals surface area contributed by atoms with Crippen LogP contribution in [0.1, 0.15) is 26.4 Å². The number of aryl methyl sites for hydroxylation is 3. The maximum atomic E-state index is 12.7. The molecule has 0 aliphatic carbocycles. The number of ether oxygens (including phenoxy) is 1. The number of hydrogen-bond donors (Lipinski definition) is 1. The molecule has 1 aromatic heterocycles. The van der Waals surface area contributed by atoms with Gasteiger partial charge < -0.3 is 4.74 Å². The minimum absolute atomic E-state index is 0.0788. The molecule has 28 heavy (non-hydrogen) atoms. The number of nitro groups is 1. The molecule has 7 nitrogen and oxygen atoms in total. The zero-order valence-corrected chi connectivity index (χ0v) is 16.7. The van der Waals surface area contributed by atoms with Crippen LogP contribution in [0.5, 0.6) is 5.75 Å². The Hall–Kier alpha value is -3.26. The predicted octanol–water partition coefficient (Wildman–Crippen LogP) is 4.90. The van der Waals surface area contributed by atoms with Crippen LogP contribution in [-0.4, -0.2) is 22.9 Å². The fraction of sp³-hybridized carbons (Fsp3) is 0.200. The molecule has 8 heteroatoms. The normalized spacial score (nSPS) is 10.6. The van der Waals surface area contributed by atoms with E-state index in [2.05, 4.69) is 16.4 Å². The summed E-state index contributed by atoms with van der Waals surface area (Å²) in [4.78, 5) is 28.8. The Morgan fingerprint density at radius 2 is 1.89 bits per heavy atom. The van der Waals surface area contributed by atoms with Crippen LogP contribution in [0.3, 0.4) is 0 Å². The first-order valence-corrected chi connectivity index (χ1v) is 9.30. The highest BCUT2D eigenvalue weighted by atomic mass is 32.1. The van der Waals surface area contributed by atoms with Gasteiger partial charge in [-0.2, -0.15) is 0 Å². The third-order valence-electron chi connectivity index (χ3n) is 4.44. The van der Waals surface area contributed by atoms with Crippen molar-refractivity contribution in [2.45, 2.75) is 20.8 Å². The highest BCUT2D eigenvalue weighted by molar-refractivity contribution is 7.16. The van der Waals surface area contributed by atoms with Crippen LogP contribution in [0.25, 0.3) is 11.3 Å². The van der Waals surface area contributed by atoms with Crippen molar-refractivity contribution in [2.24, 2.45) is 0 Å². The number of nitrogens with zero attached hydrogens (tertiary/aromatic N) is 2. The van der Waals surface area contributed by atoms with Gasteiger partial charge in [0.25, 0.3) is 11.6 Å². The van der Waals surface area contributed by atoms with Crippen molar-refractivity contribution in [1.29, 1.82) is 0 Å². The molecule has 0 bridgehead atoms. The zero-order valence-electron chi connectivity index (χ0n) is 15.9. The summed E-state index contributed by atoms with van der Waals surface area (Å²) in [6.45, 7) is 6.00. The van der Waals surface area contributed by atoms with E-state index in [9.17, 15) is 14.9 Å². The average Bonchev–Trinajstić information content (AvgIpc) is 3.03. The lowest BCUT2D eigenvalue weighted by atomic mass is 10.0. The number of carbonyl (C=O) groups is 1. The summed E-state index contributed by atoms with van der Waals surface area (Å²) in [5.41, 5.74) is 3.72. The van der Waals surface area contributed by atoms with Gasteiger partial charge in [0.05, 0.1) is 17.7 Å². The summed E-state index contributed by atoms with van der Waals surface area (Å²) in [6.07, 6.45) is 0. The number of anilines is 1. The summed E-state index contributed by atoms with van der Waals surface area (Å²) in [7, 11) is 1.43. The van der Waals surface area contributed by atoms with Crippen LogP contribution in [0.15, 0.2) is 36.4 Å². The largest absolute Gasteiger partial charge is 0.497 e. The number of methoxy groups -OCH3 is 1. The topological polar surface area (TPSA) is 94.4 Å². The van der Waals surface area contributed by atoms with Crippen molar-refractivity contribution in [2.75, 3.05) is 12.4 Å². The van der Waals surface area contributed by atoms with Gasteiger partial charge in [-0.15, -0.1) is 11.3 Å². The Kier molecular flexibility index (Phi) is 5.41. The lowest BCUT2D eigenvalue weighted by molar-refractivity contribution is -0.385. The molecule has 3 rings (SSSR count). The van der Waals surface area contributed by atoms with Crippen molar-refractivity contribution < 1.29 is 14.5 Å². The summed E-state index contributed by atoms with van der Waals surface area (Å²) in [5.74, 6) is -0.243. The Morgan fingerprint density at radius 3 is 2.54 bits per heavy atom. The number of thiazole rings is 1. The molecule has 0 saturated heterocycles. The van der Waals surface area contributed by atoms with Crippen LogP contribution >= 0.6 is 11.3 Å². The van der Waals surface area contributed by atoms with Crippen LogP contribution in [-0.2, 0) is 0 Å². The van der Waals surface area contributed by atoms with Gasteiger partial charge in [-0.05, 0) is 50.1 Å². The van der Waals surface area contributed by atoms with Gasteiger partial charge in [0, 0.05) is 16.5 Å². The van der Waals surface area contributed by atoms with Crippen molar-refractivity contribution in [3.05, 3.63) is 68.1 Å². The zero-order chi connectivity index (χ0) is 20.4. The lowest BCUT2D eigenvalue weighted by Crippen LogP contribution is -2.14. The Morgan fingerprint density at radius 1 is 1.14 bits per heavy atom. The number of amides is 1. The number of nitrogens with one attached hydrogen (secondary N) is 1. The molecule has 0 aliphatic heterocycles. The highest BCUT2D eigenvalue weighted by Crippen LogP contribution is 2.32. The van der Waals surface area contributed by atoms with Crippen molar-refractivity contribution in [3.63, 3.8) is 0 Å². The number of benzene rings is 2. The summed E-state index contributed by atoms with van der Waals surface area (Å²) >= 11 is 1.32. The molecular weight excluding hydrogens is 378 g/mol. The average molecular weight is 397 g/mol. The Balaban J connectivity index is 1.92. The first-order chi connectivity index (χ1) is 13.3. The van der Waals surface area contributed by atoms with Gasteiger partial charge >= 0.3 is 0 Å². The molecule has 0 saturated carbocycles. The first-order valence-electron chi connectivity index (χ1n) is 8.49. The number of aromatic nitrogens is 1. The van der Waals surface area contributed by atoms with Gasteiger partial charge in [-0.3, -0.25) is 20.2 Å². The van der Waals surface area contributed by atoms with Gasteiger partial charge in [-0.25, -0.2) is 4.98 Å². The summed E-state index contributed by atoms with van der Waals surface area (Å²) < 4.78 is 5.08. The van der Waals surface area contributed by atoms with E-state index in [1.165, 1.54) is 42.2 Å². The molecule has 1 N–H and O–H groups in total. The van der Waals surface area contributed by atoms with Crippen LogP contribution in [0.4, 0.5) is 10.8 Å². The van der Waals surface area contributed by atoms with E-state index in [0.717, 1.165) is 21.7 Å². The number of hydrogen-bond acceptors (Lipinski definition) is 6. The summed E-state index contributed by atoms with van der Waals surface area (Å²) in [5, 5.41) is 14.3. The highest BCUT2D eigenvalue weighted by Gasteiger charge is 2.22. The second-order valence-electron chi connectivity index (χ2n) is 6.32. The van der Waals surface area contributed by atoms with E-state index in [0.29, 0.717) is 10.9 Å². The van der Waals surface area contributed by atoms with E-state index in [4.69, 9.17) is 4.74 Å². The van der Waals surface area contributed by atoms with E-state index < -0.39 is 10.8 Å². The van der Waals surface area contributed by atoms with E-state index >= 15 is 0 Å². The smallest absolute Gasteiger partial charge is 0.282 e. The van der Waals surface area contributed by atoms with Crippen LogP contribution < -0.4 is 10.1 Å². The molecule has 2 aromatic carbocycles. The second kappa shape index (κ2) is 7.77. The molecule has 1 amide bonds. The molecule has 0 atom stereocenters. The molecule has 0 aliphatic rings. The van der Waals surface area contributed by atoms with E-state index in [-0.39, 0.29) is 11.3 Å². The van der Waals surface area contributed by atoms with E-state index in [1.807, 2.05) is 32.9 Å². The number of rotatable bonds is 5. The molecule has 3 aromatic rings. The Bertz CT molecular complexity index is 1080. The molecule has 0 fully saturated rings. The quantitative estimate of drug-likeness (QED) is 0.488. The van der Waals surface area contributed by atoms with Gasteiger partial charge in [0.1, 0.15) is 11.3 Å². The van der Waals surface area contributed by atoms with Crippen LogP contribution in [0.2, 0.25) is 0 Å². The van der Waals surface area contributed by atoms with Gasteiger partial charge in [-0.1, -0.05) is 12.1 Å². The third-order valence-corrected chi connectivity index (χ3v) is 5.33. The Labute approximate surface area is 166 Å². The third kappa shape index (κ3) is 3.86. The molecule has 0 unspecified atom stereocenters. The fourth-order valence-corrected chi connectivity index (χ4v) is 3.58. The fourth-order valence-electron chi connectivity index (χ4n) is 2.75. The number of carbonyl (C=O) groups excluding carboxylic acids is 1. The molecular formula is C20H19N3O4S.